The molecule has 1 aliphatic rings. The highest BCUT2D eigenvalue weighted by Crippen LogP contribution is 2.19. The first-order chi connectivity index (χ1) is 8.65. The highest BCUT2D eigenvalue weighted by atomic mass is 16.5. The number of ether oxygens (including phenoxy) is 1. The molecule has 96 valence electrons. The Kier molecular flexibility index (Phi) is 3.66. The van der Waals surface area contributed by atoms with E-state index < -0.39 is 0 Å². The Balaban J connectivity index is 1.78. The Morgan fingerprint density at radius 1 is 1.50 bits per heavy atom. The zero-order valence-electron chi connectivity index (χ0n) is 9.81. The predicted molar refractivity (Wildman–Crippen MR) is 65.9 cm³/mol. The normalized spacial score (nSPS) is 18.2. The lowest BCUT2D eigenvalue weighted by molar-refractivity contribution is -0.123. The Labute approximate surface area is 104 Å². The van der Waals surface area contributed by atoms with E-state index in [0.29, 0.717) is 24.4 Å². The van der Waals surface area contributed by atoms with Crippen LogP contribution >= 0.6 is 0 Å². The van der Waals surface area contributed by atoms with Gasteiger partial charge in [0, 0.05) is 13.0 Å². The lowest BCUT2D eigenvalue weighted by atomic mass is 10.2. The number of benzene rings is 1. The van der Waals surface area contributed by atoms with Crippen molar-refractivity contribution < 1.29 is 14.3 Å². The number of carbonyl (C=O) groups excluding carboxylic acids is 2. The molecule has 1 saturated heterocycles. The fraction of sp³-hybridized carbons (Fsp3) is 0.333. The summed E-state index contributed by atoms with van der Waals surface area (Å²) in [5, 5.41) is 5.35. The van der Waals surface area contributed by atoms with Gasteiger partial charge in [0.25, 0.3) is 5.91 Å². The van der Waals surface area contributed by atoms with Gasteiger partial charge in [-0.2, -0.15) is 0 Å². The van der Waals surface area contributed by atoms with Gasteiger partial charge >= 0.3 is 0 Å². The number of rotatable bonds is 4. The molecule has 1 aromatic carbocycles. The molecule has 0 aliphatic carbocycles. The second-order valence-corrected chi connectivity index (χ2v) is 4.10. The molecule has 1 aromatic rings. The van der Waals surface area contributed by atoms with Crippen LogP contribution < -0.4 is 21.1 Å². The quantitative estimate of drug-likeness (QED) is 0.636. The van der Waals surface area contributed by atoms with Gasteiger partial charge in [0.1, 0.15) is 5.75 Å². The molecular formula is C12H15N3O3. The van der Waals surface area contributed by atoms with E-state index in [4.69, 9.17) is 10.5 Å². The molecule has 0 bridgehead atoms. The summed E-state index contributed by atoms with van der Waals surface area (Å²) in [5.41, 5.74) is 6.17. The van der Waals surface area contributed by atoms with E-state index in [-0.39, 0.29) is 24.5 Å². The largest absolute Gasteiger partial charge is 0.482 e. The molecule has 1 aliphatic heterocycles. The summed E-state index contributed by atoms with van der Waals surface area (Å²) in [6.07, 6.45) is 0.319. The van der Waals surface area contributed by atoms with Crippen molar-refractivity contribution in [2.45, 2.75) is 12.5 Å². The monoisotopic (exact) mass is 249 g/mol. The van der Waals surface area contributed by atoms with Crippen molar-refractivity contribution in [2.75, 3.05) is 18.9 Å². The lowest BCUT2D eigenvalue weighted by Crippen LogP contribution is -2.39. The number of carbonyl (C=O) groups is 2. The van der Waals surface area contributed by atoms with Gasteiger partial charge in [0.2, 0.25) is 5.91 Å². The number of amides is 2. The van der Waals surface area contributed by atoms with Gasteiger partial charge in [-0.05, 0) is 12.1 Å². The smallest absolute Gasteiger partial charge is 0.258 e. The van der Waals surface area contributed by atoms with Gasteiger partial charge in [0.05, 0.1) is 11.7 Å². The minimum absolute atomic E-state index is 0.0477. The maximum Gasteiger partial charge on any atom is 0.258 e. The second kappa shape index (κ2) is 5.39. The van der Waals surface area contributed by atoms with Crippen molar-refractivity contribution in [2.24, 2.45) is 0 Å². The van der Waals surface area contributed by atoms with E-state index in [1.165, 1.54) is 0 Å². The van der Waals surface area contributed by atoms with E-state index in [0.717, 1.165) is 0 Å². The Morgan fingerprint density at radius 2 is 2.28 bits per heavy atom. The molecular weight excluding hydrogens is 234 g/mol. The Bertz CT molecular complexity index is 462. The number of anilines is 1. The van der Waals surface area contributed by atoms with Gasteiger partial charge in [-0.15, -0.1) is 0 Å². The number of nitrogen functional groups attached to an aromatic ring is 1. The zero-order chi connectivity index (χ0) is 13.0. The summed E-state index contributed by atoms with van der Waals surface area (Å²) in [6.45, 7) is 0.358. The minimum Gasteiger partial charge on any atom is -0.482 e. The molecule has 1 unspecified atom stereocenters. The van der Waals surface area contributed by atoms with Gasteiger partial charge in [-0.1, -0.05) is 12.1 Å². The highest BCUT2D eigenvalue weighted by Gasteiger charge is 2.22. The SMILES string of the molecule is Nc1ccccc1OCC(=O)NC1CNC(=O)C1. The summed E-state index contributed by atoms with van der Waals surface area (Å²) >= 11 is 0. The summed E-state index contributed by atoms with van der Waals surface area (Å²) in [4.78, 5) is 22.5. The highest BCUT2D eigenvalue weighted by molar-refractivity contribution is 5.82. The van der Waals surface area contributed by atoms with Crippen molar-refractivity contribution in [1.29, 1.82) is 0 Å². The molecule has 1 atom stereocenters. The van der Waals surface area contributed by atoms with Crippen molar-refractivity contribution in [3.05, 3.63) is 24.3 Å². The third-order valence-corrected chi connectivity index (χ3v) is 2.62. The lowest BCUT2D eigenvalue weighted by Gasteiger charge is -2.12. The molecule has 0 aromatic heterocycles. The minimum atomic E-state index is -0.264. The summed E-state index contributed by atoms with van der Waals surface area (Å²) in [7, 11) is 0. The summed E-state index contributed by atoms with van der Waals surface area (Å²) in [6, 6.07) is 6.82. The molecule has 0 radical (unpaired) electrons. The van der Waals surface area contributed by atoms with E-state index in [1.54, 1.807) is 24.3 Å². The summed E-state index contributed by atoms with van der Waals surface area (Å²) < 4.78 is 5.29. The average molecular weight is 249 g/mol. The van der Waals surface area contributed by atoms with Crippen LogP contribution in [-0.2, 0) is 9.59 Å². The van der Waals surface area contributed by atoms with Gasteiger partial charge in [-0.3, -0.25) is 9.59 Å². The van der Waals surface area contributed by atoms with Crippen molar-refractivity contribution in [3.63, 3.8) is 0 Å². The molecule has 2 rings (SSSR count). The number of para-hydroxylation sites is 2. The van der Waals surface area contributed by atoms with Crippen LogP contribution in [0, 0.1) is 0 Å². The fourth-order valence-corrected chi connectivity index (χ4v) is 1.73. The molecule has 4 N–H and O–H groups in total. The number of hydrogen-bond acceptors (Lipinski definition) is 4. The third-order valence-electron chi connectivity index (χ3n) is 2.62. The van der Waals surface area contributed by atoms with Crippen LogP contribution in [0.3, 0.4) is 0 Å². The maximum absolute atomic E-state index is 11.6. The van der Waals surface area contributed by atoms with Crippen LogP contribution in [0.15, 0.2) is 24.3 Å². The molecule has 2 amide bonds. The number of hydrogen-bond donors (Lipinski definition) is 3. The Hall–Kier alpha value is -2.24. The van der Waals surface area contributed by atoms with Crippen LogP contribution in [0.5, 0.6) is 5.75 Å². The molecule has 6 heteroatoms. The topological polar surface area (TPSA) is 93.4 Å². The zero-order valence-corrected chi connectivity index (χ0v) is 9.81. The maximum atomic E-state index is 11.6. The molecule has 0 spiro atoms. The molecule has 6 nitrogen and oxygen atoms in total. The van der Waals surface area contributed by atoms with Crippen LogP contribution in [0.25, 0.3) is 0 Å². The van der Waals surface area contributed by atoms with E-state index in [1.807, 2.05) is 0 Å². The van der Waals surface area contributed by atoms with E-state index >= 15 is 0 Å². The van der Waals surface area contributed by atoms with E-state index in [2.05, 4.69) is 10.6 Å². The molecule has 0 saturated carbocycles. The predicted octanol–water partition coefficient (Wildman–Crippen LogP) is -0.348. The summed E-state index contributed by atoms with van der Waals surface area (Å²) in [5.74, 6) is 0.168. The van der Waals surface area contributed by atoms with Gasteiger partial charge in [-0.25, -0.2) is 0 Å². The first-order valence-electron chi connectivity index (χ1n) is 5.68. The molecule has 18 heavy (non-hydrogen) atoms. The molecule has 1 heterocycles. The Morgan fingerprint density at radius 3 is 2.94 bits per heavy atom. The second-order valence-electron chi connectivity index (χ2n) is 4.10. The fourth-order valence-electron chi connectivity index (χ4n) is 1.73. The van der Waals surface area contributed by atoms with Crippen molar-refractivity contribution in [3.8, 4) is 5.75 Å². The number of nitrogens with two attached hydrogens (primary N) is 1. The van der Waals surface area contributed by atoms with Crippen LogP contribution in [0.2, 0.25) is 0 Å². The van der Waals surface area contributed by atoms with Crippen molar-refractivity contribution in [1.82, 2.24) is 10.6 Å². The van der Waals surface area contributed by atoms with Gasteiger partial charge in [0.15, 0.2) is 6.61 Å². The average Bonchev–Trinajstić information content (AvgIpc) is 2.74. The first-order valence-corrected chi connectivity index (χ1v) is 5.68. The number of nitrogens with one attached hydrogen (secondary N) is 2. The first kappa shape index (κ1) is 12.2. The van der Waals surface area contributed by atoms with Crippen LogP contribution in [-0.4, -0.2) is 31.0 Å². The third kappa shape index (κ3) is 3.13. The standard InChI is InChI=1S/C12H15N3O3/c13-9-3-1-2-4-10(9)18-7-12(17)15-8-5-11(16)14-6-8/h1-4,8H,5-7,13H2,(H,14,16)(H,15,17). The van der Waals surface area contributed by atoms with Gasteiger partial charge < -0.3 is 21.1 Å². The van der Waals surface area contributed by atoms with Crippen molar-refractivity contribution >= 4 is 17.5 Å². The van der Waals surface area contributed by atoms with Crippen LogP contribution in [0.1, 0.15) is 6.42 Å². The molecule has 1 fully saturated rings. The van der Waals surface area contributed by atoms with Crippen LogP contribution in [0.4, 0.5) is 5.69 Å². The van der Waals surface area contributed by atoms with E-state index in [9.17, 15) is 9.59 Å².